The van der Waals surface area contributed by atoms with E-state index in [1.54, 1.807) is 0 Å². The molecule has 0 amide bonds. The molecule has 1 aromatic heterocycles. The van der Waals surface area contributed by atoms with Crippen molar-refractivity contribution in [2.75, 3.05) is 24.4 Å². The number of hydrogen-bond acceptors (Lipinski definition) is 3. The Balaban J connectivity index is 2.48. The van der Waals surface area contributed by atoms with Gasteiger partial charge in [0, 0.05) is 31.2 Å². The summed E-state index contributed by atoms with van der Waals surface area (Å²) in [7, 11) is 2.07. The Kier molecular flexibility index (Phi) is 5.53. The summed E-state index contributed by atoms with van der Waals surface area (Å²) in [6.07, 6.45) is 3.43. The molecule has 0 aliphatic rings. The normalized spacial score (nSPS) is 10.5. The fraction of sp³-hybridized carbons (Fsp3) is 0.667. The lowest BCUT2D eigenvalue weighted by atomic mass is 10.2. The Morgan fingerprint density at radius 2 is 1.94 bits per heavy atom. The van der Waals surface area contributed by atoms with E-state index in [4.69, 9.17) is 11.6 Å². The molecule has 0 saturated heterocycles. The first-order chi connectivity index (χ1) is 7.63. The lowest BCUT2D eigenvalue weighted by Gasteiger charge is -2.18. The number of alkyl halides is 1. The van der Waals surface area contributed by atoms with Crippen LogP contribution in [-0.2, 0) is 0 Å². The van der Waals surface area contributed by atoms with Crippen LogP contribution in [0.15, 0.2) is 6.07 Å². The van der Waals surface area contributed by atoms with Crippen LogP contribution in [0.1, 0.15) is 30.8 Å². The Bertz CT molecular complexity index is 308. The van der Waals surface area contributed by atoms with Gasteiger partial charge in [0.2, 0.25) is 0 Å². The molecule has 0 unspecified atom stereocenters. The minimum absolute atomic E-state index is 0.759. The summed E-state index contributed by atoms with van der Waals surface area (Å²) in [5, 5.41) is 0. The van der Waals surface area contributed by atoms with Crippen LogP contribution in [0.4, 0.5) is 5.82 Å². The van der Waals surface area contributed by atoms with Crippen molar-refractivity contribution in [2.45, 2.75) is 33.1 Å². The van der Waals surface area contributed by atoms with E-state index in [0.717, 1.165) is 42.6 Å². The first kappa shape index (κ1) is 13.2. The summed E-state index contributed by atoms with van der Waals surface area (Å²) in [6.45, 7) is 4.95. The lowest BCUT2D eigenvalue weighted by Crippen LogP contribution is -2.20. The SMILES string of the molecule is Cc1cc(N(C)CCCCCCl)nc(C)n1. The van der Waals surface area contributed by atoms with Crippen molar-refractivity contribution in [3.8, 4) is 0 Å². The third-order valence-corrected chi connectivity index (χ3v) is 2.74. The van der Waals surface area contributed by atoms with Gasteiger partial charge in [-0.1, -0.05) is 6.42 Å². The van der Waals surface area contributed by atoms with Crippen LogP contribution in [-0.4, -0.2) is 29.4 Å². The molecule has 16 heavy (non-hydrogen) atoms. The van der Waals surface area contributed by atoms with Gasteiger partial charge in [0.15, 0.2) is 0 Å². The van der Waals surface area contributed by atoms with Crippen LogP contribution in [0.3, 0.4) is 0 Å². The fourth-order valence-electron chi connectivity index (χ4n) is 1.63. The molecule has 0 aliphatic carbocycles. The maximum atomic E-state index is 5.64. The van der Waals surface area contributed by atoms with Crippen molar-refractivity contribution >= 4 is 17.4 Å². The molecule has 3 nitrogen and oxygen atoms in total. The van der Waals surface area contributed by atoms with Gasteiger partial charge >= 0.3 is 0 Å². The molecule has 0 aliphatic heterocycles. The lowest BCUT2D eigenvalue weighted by molar-refractivity contribution is 0.702. The number of rotatable bonds is 6. The largest absolute Gasteiger partial charge is 0.360 e. The Morgan fingerprint density at radius 3 is 2.56 bits per heavy atom. The summed E-state index contributed by atoms with van der Waals surface area (Å²) < 4.78 is 0. The van der Waals surface area contributed by atoms with E-state index in [1.165, 1.54) is 6.42 Å². The number of halogens is 1. The molecule has 0 saturated carbocycles. The van der Waals surface area contributed by atoms with Crippen LogP contribution in [0, 0.1) is 13.8 Å². The van der Waals surface area contributed by atoms with Crippen molar-refractivity contribution in [3.63, 3.8) is 0 Å². The molecule has 0 atom stereocenters. The predicted molar refractivity (Wildman–Crippen MR) is 69.3 cm³/mol. The molecule has 0 spiro atoms. The molecular weight excluding hydrogens is 222 g/mol. The highest BCUT2D eigenvalue weighted by molar-refractivity contribution is 6.17. The maximum absolute atomic E-state index is 5.64. The quantitative estimate of drug-likeness (QED) is 0.567. The second kappa shape index (κ2) is 6.69. The molecule has 1 aromatic rings. The zero-order chi connectivity index (χ0) is 12.0. The van der Waals surface area contributed by atoms with Crippen LogP contribution >= 0.6 is 11.6 Å². The van der Waals surface area contributed by atoms with Crippen LogP contribution in [0.2, 0.25) is 0 Å². The molecule has 1 heterocycles. The van der Waals surface area contributed by atoms with Gasteiger partial charge < -0.3 is 4.90 Å². The number of hydrogen-bond donors (Lipinski definition) is 0. The second-order valence-electron chi connectivity index (χ2n) is 4.09. The zero-order valence-corrected chi connectivity index (χ0v) is 11.1. The third kappa shape index (κ3) is 4.35. The molecule has 90 valence electrons. The molecule has 0 bridgehead atoms. The average molecular weight is 242 g/mol. The van der Waals surface area contributed by atoms with E-state index in [1.807, 2.05) is 19.9 Å². The topological polar surface area (TPSA) is 29.0 Å². The van der Waals surface area contributed by atoms with E-state index in [0.29, 0.717) is 0 Å². The minimum atomic E-state index is 0.759. The minimum Gasteiger partial charge on any atom is -0.360 e. The van der Waals surface area contributed by atoms with Gasteiger partial charge in [-0.2, -0.15) is 0 Å². The molecule has 1 rings (SSSR count). The number of anilines is 1. The highest BCUT2D eigenvalue weighted by Crippen LogP contribution is 2.11. The van der Waals surface area contributed by atoms with Crippen LogP contribution < -0.4 is 4.90 Å². The van der Waals surface area contributed by atoms with Gasteiger partial charge in [0.1, 0.15) is 11.6 Å². The van der Waals surface area contributed by atoms with Crippen LogP contribution in [0.5, 0.6) is 0 Å². The van der Waals surface area contributed by atoms with E-state index >= 15 is 0 Å². The highest BCUT2D eigenvalue weighted by Gasteiger charge is 2.04. The van der Waals surface area contributed by atoms with Crippen molar-refractivity contribution in [1.82, 2.24) is 9.97 Å². The number of aromatic nitrogens is 2. The molecule has 0 fully saturated rings. The summed E-state index contributed by atoms with van der Waals surface area (Å²) in [4.78, 5) is 10.9. The third-order valence-electron chi connectivity index (χ3n) is 2.47. The molecule has 0 radical (unpaired) electrons. The number of aryl methyl sites for hydroxylation is 2. The zero-order valence-electron chi connectivity index (χ0n) is 10.3. The predicted octanol–water partition coefficient (Wildman–Crippen LogP) is 2.94. The Morgan fingerprint density at radius 1 is 1.19 bits per heavy atom. The van der Waals surface area contributed by atoms with Gasteiger partial charge in [-0.05, 0) is 26.7 Å². The fourth-order valence-corrected chi connectivity index (χ4v) is 1.82. The van der Waals surface area contributed by atoms with E-state index in [-0.39, 0.29) is 0 Å². The summed E-state index contributed by atoms with van der Waals surface area (Å²) in [5.41, 5.74) is 1.02. The highest BCUT2D eigenvalue weighted by atomic mass is 35.5. The Labute approximate surface area is 103 Å². The first-order valence-corrected chi connectivity index (χ1v) is 6.26. The van der Waals surface area contributed by atoms with Gasteiger partial charge in [0.05, 0.1) is 0 Å². The van der Waals surface area contributed by atoms with Gasteiger partial charge in [-0.15, -0.1) is 11.6 Å². The summed E-state index contributed by atoms with van der Waals surface area (Å²) in [5.74, 6) is 2.61. The molecular formula is C12H20ClN3. The van der Waals surface area contributed by atoms with E-state index < -0.39 is 0 Å². The first-order valence-electron chi connectivity index (χ1n) is 5.73. The van der Waals surface area contributed by atoms with Crippen molar-refractivity contribution in [3.05, 3.63) is 17.6 Å². The van der Waals surface area contributed by atoms with Crippen LogP contribution in [0.25, 0.3) is 0 Å². The van der Waals surface area contributed by atoms with Crippen molar-refractivity contribution in [2.24, 2.45) is 0 Å². The maximum Gasteiger partial charge on any atom is 0.132 e. The average Bonchev–Trinajstić information content (AvgIpc) is 2.22. The number of unbranched alkanes of at least 4 members (excludes halogenated alkanes) is 2. The van der Waals surface area contributed by atoms with Crippen molar-refractivity contribution < 1.29 is 0 Å². The summed E-state index contributed by atoms with van der Waals surface area (Å²) >= 11 is 5.64. The van der Waals surface area contributed by atoms with Gasteiger partial charge in [-0.25, -0.2) is 9.97 Å². The monoisotopic (exact) mass is 241 g/mol. The molecule has 0 N–H and O–H groups in total. The smallest absolute Gasteiger partial charge is 0.132 e. The summed E-state index contributed by atoms with van der Waals surface area (Å²) in [6, 6.07) is 2.02. The molecule has 4 heteroatoms. The Hall–Kier alpha value is -0.830. The van der Waals surface area contributed by atoms with E-state index in [9.17, 15) is 0 Å². The van der Waals surface area contributed by atoms with Gasteiger partial charge in [-0.3, -0.25) is 0 Å². The standard InChI is InChI=1S/C12H20ClN3/c1-10-9-12(15-11(2)14-10)16(3)8-6-4-5-7-13/h9H,4-8H2,1-3H3. The second-order valence-corrected chi connectivity index (χ2v) is 4.46. The number of nitrogens with zero attached hydrogens (tertiary/aromatic N) is 3. The van der Waals surface area contributed by atoms with E-state index in [2.05, 4.69) is 21.9 Å². The van der Waals surface area contributed by atoms with Crippen molar-refractivity contribution in [1.29, 1.82) is 0 Å². The van der Waals surface area contributed by atoms with Gasteiger partial charge in [0.25, 0.3) is 0 Å². The molecule has 0 aromatic carbocycles.